The standard InChI is InChI=1S/C15H22FN3O2/c1-3-12-9-21-10(2)7-19(12)8-15(20)18-14-5-4-11(16)6-13(14)17/h4-6,10,12H,3,7-9,17H2,1-2H3,(H,18,20). The van der Waals surface area contributed by atoms with Crippen LogP contribution in [0.15, 0.2) is 18.2 Å². The number of ether oxygens (including phenoxy) is 1. The van der Waals surface area contributed by atoms with Crippen molar-refractivity contribution in [2.24, 2.45) is 0 Å². The van der Waals surface area contributed by atoms with E-state index < -0.39 is 5.82 Å². The monoisotopic (exact) mass is 295 g/mol. The van der Waals surface area contributed by atoms with Gasteiger partial charge in [0.05, 0.1) is 30.6 Å². The highest BCUT2D eigenvalue weighted by atomic mass is 19.1. The smallest absolute Gasteiger partial charge is 0.238 e. The van der Waals surface area contributed by atoms with Gasteiger partial charge in [0.2, 0.25) is 5.91 Å². The highest BCUT2D eigenvalue weighted by molar-refractivity contribution is 5.95. The van der Waals surface area contributed by atoms with Gasteiger partial charge >= 0.3 is 0 Å². The zero-order valence-corrected chi connectivity index (χ0v) is 12.4. The van der Waals surface area contributed by atoms with E-state index in [0.29, 0.717) is 12.3 Å². The molecule has 1 aromatic carbocycles. The molecule has 0 bridgehead atoms. The van der Waals surface area contributed by atoms with Crippen molar-refractivity contribution in [3.8, 4) is 0 Å². The lowest BCUT2D eigenvalue weighted by Crippen LogP contribution is -2.51. The highest BCUT2D eigenvalue weighted by Gasteiger charge is 2.27. The Morgan fingerprint density at radius 3 is 3.00 bits per heavy atom. The van der Waals surface area contributed by atoms with Gasteiger partial charge in [-0.2, -0.15) is 0 Å². The molecule has 2 atom stereocenters. The average molecular weight is 295 g/mol. The Morgan fingerprint density at radius 1 is 1.57 bits per heavy atom. The first-order chi connectivity index (χ1) is 9.99. The van der Waals surface area contributed by atoms with Gasteiger partial charge in [0.25, 0.3) is 0 Å². The number of halogens is 1. The molecule has 2 unspecified atom stereocenters. The molecule has 1 aromatic rings. The molecule has 1 saturated heterocycles. The molecule has 1 fully saturated rings. The van der Waals surface area contributed by atoms with Crippen LogP contribution in [0.5, 0.6) is 0 Å². The number of amides is 1. The van der Waals surface area contributed by atoms with E-state index in [0.717, 1.165) is 13.0 Å². The summed E-state index contributed by atoms with van der Waals surface area (Å²) < 4.78 is 18.6. The van der Waals surface area contributed by atoms with Crippen molar-refractivity contribution in [2.45, 2.75) is 32.4 Å². The minimum atomic E-state index is -0.418. The van der Waals surface area contributed by atoms with E-state index in [9.17, 15) is 9.18 Å². The molecule has 0 spiro atoms. The van der Waals surface area contributed by atoms with Crippen LogP contribution in [0.3, 0.4) is 0 Å². The third-order valence-electron chi connectivity index (χ3n) is 3.69. The van der Waals surface area contributed by atoms with Crippen molar-refractivity contribution in [2.75, 3.05) is 30.7 Å². The van der Waals surface area contributed by atoms with Gasteiger partial charge in [0, 0.05) is 12.6 Å². The van der Waals surface area contributed by atoms with Crippen LogP contribution < -0.4 is 11.1 Å². The SMILES string of the molecule is CCC1COC(C)CN1CC(=O)Nc1ccc(F)cc1N. The van der Waals surface area contributed by atoms with Gasteiger partial charge in [-0.05, 0) is 31.5 Å². The highest BCUT2D eigenvalue weighted by Crippen LogP contribution is 2.19. The summed E-state index contributed by atoms with van der Waals surface area (Å²) in [5, 5.41) is 2.73. The van der Waals surface area contributed by atoms with E-state index in [2.05, 4.69) is 17.1 Å². The zero-order chi connectivity index (χ0) is 15.4. The molecule has 21 heavy (non-hydrogen) atoms. The average Bonchev–Trinajstić information content (AvgIpc) is 2.42. The molecule has 0 saturated carbocycles. The first-order valence-electron chi connectivity index (χ1n) is 7.20. The Labute approximate surface area is 124 Å². The van der Waals surface area contributed by atoms with Crippen LogP contribution in [0.4, 0.5) is 15.8 Å². The number of hydrogen-bond donors (Lipinski definition) is 2. The van der Waals surface area contributed by atoms with Gasteiger partial charge in [-0.1, -0.05) is 6.92 Å². The van der Waals surface area contributed by atoms with E-state index in [1.165, 1.54) is 18.2 Å². The van der Waals surface area contributed by atoms with Crippen LogP contribution in [0.25, 0.3) is 0 Å². The lowest BCUT2D eigenvalue weighted by molar-refractivity contribution is -0.121. The minimum absolute atomic E-state index is 0.122. The van der Waals surface area contributed by atoms with Crippen LogP contribution in [0, 0.1) is 5.82 Å². The number of morpholine rings is 1. The summed E-state index contributed by atoms with van der Waals surface area (Å²) in [6.45, 7) is 5.72. The Bertz CT molecular complexity index is 510. The number of hydrogen-bond acceptors (Lipinski definition) is 4. The maximum atomic E-state index is 13.0. The van der Waals surface area contributed by atoms with E-state index in [4.69, 9.17) is 10.5 Å². The second kappa shape index (κ2) is 6.87. The number of rotatable bonds is 4. The van der Waals surface area contributed by atoms with Gasteiger partial charge in [-0.25, -0.2) is 4.39 Å². The number of benzene rings is 1. The van der Waals surface area contributed by atoms with Crippen LogP contribution >= 0.6 is 0 Å². The number of carbonyl (C=O) groups is 1. The maximum Gasteiger partial charge on any atom is 0.238 e. The van der Waals surface area contributed by atoms with Crippen molar-refractivity contribution < 1.29 is 13.9 Å². The topological polar surface area (TPSA) is 67.6 Å². The van der Waals surface area contributed by atoms with E-state index >= 15 is 0 Å². The number of anilines is 2. The number of nitrogens with two attached hydrogens (primary N) is 1. The predicted molar refractivity (Wildman–Crippen MR) is 80.5 cm³/mol. The summed E-state index contributed by atoms with van der Waals surface area (Å²) in [5.41, 5.74) is 6.36. The Balaban J connectivity index is 1.97. The summed E-state index contributed by atoms with van der Waals surface area (Å²) in [7, 11) is 0. The number of nitrogens with zero attached hydrogens (tertiary/aromatic N) is 1. The van der Waals surface area contributed by atoms with Crippen LogP contribution in [0.2, 0.25) is 0 Å². The predicted octanol–water partition coefficient (Wildman–Crippen LogP) is 1.85. The second-order valence-corrected chi connectivity index (χ2v) is 5.42. The first kappa shape index (κ1) is 15.7. The summed E-state index contributed by atoms with van der Waals surface area (Å²) in [5.74, 6) is -0.570. The van der Waals surface area contributed by atoms with Crippen molar-refractivity contribution in [1.82, 2.24) is 4.90 Å². The molecule has 3 N–H and O–H groups in total. The number of carbonyl (C=O) groups excluding carboxylic acids is 1. The molecule has 0 radical (unpaired) electrons. The molecule has 0 aliphatic carbocycles. The van der Waals surface area contributed by atoms with Crippen molar-refractivity contribution in [1.29, 1.82) is 0 Å². The third kappa shape index (κ3) is 4.15. The molecule has 0 aromatic heterocycles. The summed E-state index contributed by atoms with van der Waals surface area (Å²) in [6.07, 6.45) is 1.05. The molecule has 1 heterocycles. The number of nitrogen functional groups attached to an aromatic ring is 1. The van der Waals surface area contributed by atoms with Gasteiger partial charge in [-0.15, -0.1) is 0 Å². The first-order valence-corrected chi connectivity index (χ1v) is 7.20. The fourth-order valence-electron chi connectivity index (χ4n) is 2.50. The molecule has 1 amide bonds. The normalized spacial score (nSPS) is 23.0. The summed E-state index contributed by atoms with van der Waals surface area (Å²) >= 11 is 0. The Morgan fingerprint density at radius 2 is 2.33 bits per heavy atom. The molecule has 6 heteroatoms. The van der Waals surface area contributed by atoms with Crippen LogP contribution in [-0.4, -0.2) is 42.6 Å². The van der Waals surface area contributed by atoms with Crippen LogP contribution in [-0.2, 0) is 9.53 Å². The zero-order valence-electron chi connectivity index (χ0n) is 12.4. The van der Waals surface area contributed by atoms with E-state index in [-0.39, 0.29) is 30.3 Å². The molecule has 1 aliphatic heterocycles. The summed E-state index contributed by atoms with van der Waals surface area (Å²) in [6, 6.07) is 4.19. The van der Waals surface area contributed by atoms with Crippen molar-refractivity contribution in [3.05, 3.63) is 24.0 Å². The van der Waals surface area contributed by atoms with Gasteiger partial charge in [0.15, 0.2) is 0 Å². The van der Waals surface area contributed by atoms with Crippen molar-refractivity contribution >= 4 is 17.3 Å². The summed E-state index contributed by atoms with van der Waals surface area (Å²) in [4.78, 5) is 14.3. The molecule has 5 nitrogen and oxygen atoms in total. The van der Waals surface area contributed by atoms with Crippen molar-refractivity contribution in [3.63, 3.8) is 0 Å². The number of nitrogens with one attached hydrogen (secondary N) is 1. The van der Waals surface area contributed by atoms with Gasteiger partial charge in [0.1, 0.15) is 5.82 Å². The lowest BCUT2D eigenvalue weighted by Gasteiger charge is -2.37. The molecule has 1 aliphatic rings. The minimum Gasteiger partial charge on any atom is -0.397 e. The molecule has 116 valence electrons. The maximum absolute atomic E-state index is 13.0. The fraction of sp³-hybridized carbons (Fsp3) is 0.533. The Kier molecular flexibility index (Phi) is 5.14. The largest absolute Gasteiger partial charge is 0.397 e. The molecular weight excluding hydrogens is 273 g/mol. The fourth-order valence-corrected chi connectivity index (χ4v) is 2.50. The van der Waals surface area contributed by atoms with Gasteiger partial charge in [-0.3, -0.25) is 9.69 Å². The molecular formula is C15H22FN3O2. The third-order valence-corrected chi connectivity index (χ3v) is 3.69. The lowest BCUT2D eigenvalue weighted by atomic mass is 10.1. The van der Waals surface area contributed by atoms with Crippen LogP contribution in [0.1, 0.15) is 20.3 Å². The Hall–Kier alpha value is -1.66. The quantitative estimate of drug-likeness (QED) is 0.832. The van der Waals surface area contributed by atoms with Gasteiger partial charge < -0.3 is 15.8 Å². The second-order valence-electron chi connectivity index (χ2n) is 5.42. The molecule has 2 rings (SSSR count). The van der Waals surface area contributed by atoms with E-state index in [1.807, 2.05) is 6.92 Å². The van der Waals surface area contributed by atoms with E-state index in [1.54, 1.807) is 0 Å².